The molecule has 1 aromatic carbocycles. The maximum absolute atomic E-state index is 12.9. The fourth-order valence-electron chi connectivity index (χ4n) is 3.11. The number of carbonyl (C=O) groups is 1. The smallest absolute Gasteiger partial charge is 0.289 e. The molecule has 0 N–H and O–H groups in total. The van der Waals surface area contributed by atoms with E-state index in [0.717, 1.165) is 5.52 Å². The van der Waals surface area contributed by atoms with Gasteiger partial charge in [-0.2, -0.15) is 4.31 Å². The summed E-state index contributed by atoms with van der Waals surface area (Å²) in [7, 11) is -1.76. The second kappa shape index (κ2) is 6.26. The lowest BCUT2D eigenvalue weighted by atomic mass is 10.3. The average Bonchev–Trinajstić information content (AvgIpc) is 3.31. The monoisotopic (exact) mass is 374 g/mol. The number of furan rings is 1. The fourth-order valence-corrected chi connectivity index (χ4v) is 4.56. The molecule has 1 saturated heterocycles. The lowest BCUT2D eigenvalue weighted by Crippen LogP contribution is -2.50. The highest BCUT2D eigenvalue weighted by Crippen LogP contribution is 2.22. The third-order valence-electron chi connectivity index (χ3n) is 4.59. The first kappa shape index (κ1) is 16.8. The number of hydrogen-bond acceptors (Lipinski definition) is 5. The summed E-state index contributed by atoms with van der Waals surface area (Å²) >= 11 is 0. The molecule has 1 aliphatic heterocycles. The number of piperazine rings is 1. The van der Waals surface area contributed by atoms with Gasteiger partial charge in [0.1, 0.15) is 0 Å². The molecule has 0 radical (unpaired) electrons. The summed E-state index contributed by atoms with van der Waals surface area (Å²) in [6.45, 7) is 1.14. The molecule has 1 fully saturated rings. The van der Waals surface area contributed by atoms with Crippen molar-refractivity contribution in [1.29, 1.82) is 0 Å². The van der Waals surface area contributed by atoms with E-state index < -0.39 is 10.0 Å². The first-order chi connectivity index (χ1) is 12.5. The van der Waals surface area contributed by atoms with Crippen molar-refractivity contribution in [2.45, 2.75) is 4.90 Å². The Kier molecular flexibility index (Phi) is 4.04. The molecule has 9 heteroatoms. The van der Waals surface area contributed by atoms with E-state index in [2.05, 4.69) is 4.98 Å². The van der Waals surface area contributed by atoms with E-state index in [0.29, 0.717) is 18.6 Å². The van der Waals surface area contributed by atoms with Gasteiger partial charge in [-0.3, -0.25) is 4.79 Å². The average molecular weight is 374 g/mol. The van der Waals surface area contributed by atoms with Gasteiger partial charge in [-0.15, -0.1) is 0 Å². The standard InChI is InChI=1S/C17H18N4O4S/c1-19-12-18-14-11-13(4-5-15(14)19)26(23,24)21-8-6-20(7-9-21)17(22)16-3-2-10-25-16/h2-5,10-12H,6-9H2,1H3. The highest BCUT2D eigenvalue weighted by Gasteiger charge is 2.31. The molecule has 0 saturated carbocycles. The van der Waals surface area contributed by atoms with E-state index in [9.17, 15) is 13.2 Å². The van der Waals surface area contributed by atoms with Crippen molar-refractivity contribution in [2.75, 3.05) is 26.2 Å². The van der Waals surface area contributed by atoms with Crippen molar-refractivity contribution in [3.05, 3.63) is 48.7 Å². The van der Waals surface area contributed by atoms with Crippen LogP contribution in [0.3, 0.4) is 0 Å². The maximum Gasteiger partial charge on any atom is 0.289 e. The molecule has 0 atom stereocenters. The van der Waals surface area contributed by atoms with Crippen molar-refractivity contribution in [1.82, 2.24) is 18.8 Å². The lowest BCUT2D eigenvalue weighted by molar-refractivity contribution is 0.0666. The first-order valence-corrected chi connectivity index (χ1v) is 9.65. The van der Waals surface area contributed by atoms with Gasteiger partial charge in [0.25, 0.3) is 5.91 Å². The predicted octanol–water partition coefficient (Wildman–Crippen LogP) is 1.31. The van der Waals surface area contributed by atoms with E-state index in [1.807, 2.05) is 11.6 Å². The minimum absolute atomic E-state index is 0.217. The summed E-state index contributed by atoms with van der Waals surface area (Å²) < 4.78 is 34.2. The molecule has 26 heavy (non-hydrogen) atoms. The topological polar surface area (TPSA) is 88.7 Å². The van der Waals surface area contributed by atoms with Crippen LogP contribution in [0.5, 0.6) is 0 Å². The highest BCUT2D eigenvalue weighted by atomic mass is 32.2. The minimum atomic E-state index is -3.62. The zero-order valence-electron chi connectivity index (χ0n) is 14.2. The van der Waals surface area contributed by atoms with E-state index in [4.69, 9.17) is 4.42 Å². The molecule has 3 heterocycles. The number of fused-ring (bicyclic) bond motifs is 1. The van der Waals surface area contributed by atoms with E-state index in [-0.39, 0.29) is 29.7 Å². The summed E-state index contributed by atoms with van der Waals surface area (Å²) in [5, 5.41) is 0. The van der Waals surface area contributed by atoms with E-state index >= 15 is 0 Å². The van der Waals surface area contributed by atoms with Crippen LogP contribution >= 0.6 is 0 Å². The Labute approximate surface area is 150 Å². The molecule has 1 aliphatic rings. The van der Waals surface area contributed by atoms with Crippen molar-refractivity contribution >= 4 is 27.0 Å². The quantitative estimate of drug-likeness (QED) is 0.690. The van der Waals surface area contributed by atoms with E-state index in [1.54, 1.807) is 41.6 Å². The molecule has 3 aromatic rings. The number of aryl methyl sites for hydroxylation is 1. The SMILES string of the molecule is Cn1cnc2cc(S(=O)(=O)N3CCN(C(=O)c4ccco4)CC3)ccc21. The van der Waals surface area contributed by atoms with Crippen LogP contribution in [0, 0.1) is 0 Å². The molecule has 0 bridgehead atoms. The Balaban J connectivity index is 1.51. The Morgan fingerprint density at radius 2 is 1.92 bits per heavy atom. The van der Waals surface area contributed by atoms with Crippen LogP contribution in [0.4, 0.5) is 0 Å². The first-order valence-electron chi connectivity index (χ1n) is 8.21. The number of imidazole rings is 1. The highest BCUT2D eigenvalue weighted by molar-refractivity contribution is 7.89. The van der Waals surface area contributed by atoms with Crippen LogP contribution in [0.15, 0.2) is 52.2 Å². The maximum atomic E-state index is 12.9. The number of amides is 1. The van der Waals surface area contributed by atoms with Gasteiger partial charge in [0.2, 0.25) is 10.0 Å². The van der Waals surface area contributed by atoms with Crippen LogP contribution in [0.25, 0.3) is 11.0 Å². The molecule has 4 rings (SSSR count). The van der Waals surface area contributed by atoms with Gasteiger partial charge in [0.15, 0.2) is 5.76 Å². The zero-order valence-corrected chi connectivity index (χ0v) is 15.0. The lowest BCUT2D eigenvalue weighted by Gasteiger charge is -2.33. The number of hydrogen-bond donors (Lipinski definition) is 0. The summed E-state index contributed by atoms with van der Waals surface area (Å²) in [5.41, 5.74) is 1.51. The van der Waals surface area contributed by atoms with Crippen molar-refractivity contribution < 1.29 is 17.6 Å². The normalized spacial score (nSPS) is 16.3. The molecule has 8 nitrogen and oxygen atoms in total. The Morgan fingerprint density at radius 1 is 1.15 bits per heavy atom. The summed E-state index contributed by atoms with van der Waals surface area (Å²) in [6.07, 6.45) is 3.10. The number of aromatic nitrogens is 2. The van der Waals surface area contributed by atoms with Gasteiger partial charge in [0.05, 0.1) is 28.5 Å². The van der Waals surface area contributed by atoms with Gasteiger partial charge in [-0.1, -0.05) is 0 Å². The Morgan fingerprint density at radius 3 is 2.62 bits per heavy atom. The van der Waals surface area contributed by atoms with Crippen LogP contribution in [-0.4, -0.2) is 59.3 Å². The molecule has 136 valence electrons. The number of carbonyl (C=O) groups excluding carboxylic acids is 1. The second-order valence-corrected chi connectivity index (χ2v) is 8.12. The molecule has 0 unspecified atom stereocenters. The fraction of sp³-hybridized carbons (Fsp3) is 0.294. The second-order valence-electron chi connectivity index (χ2n) is 6.18. The van der Waals surface area contributed by atoms with Crippen molar-refractivity contribution in [3.63, 3.8) is 0 Å². The van der Waals surface area contributed by atoms with Gasteiger partial charge >= 0.3 is 0 Å². The summed E-state index contributed by atoms with van der Waals surface area (Å²) in [6, 6.07) is 8.20. The minimum Gasteiger partial charge on any atom is -0.459 e. The zero-order chi connectivity index (χ0) is 18.3. The largest absolute Gasteiger partial charge is 0.459 e. The third kappa shape index (κ3) is 2.78. The number of benzene rings is 1. The number of sulfonamides is 1. The van der Waals surface area contributed by atoms with Gasteiger partial charge in [-0.25, -0.2) is 13.4 Å². The Bertz CT molecular complexity index is 1050. The molecule has 1 amide bonds. The van der Waals surface area contributed by atoms with Crippen LogP contribution in [0.1, 0.15) is 10.6 Å². The van der Waals surface area contributed by atoms with Gasteiger partial charge < -0.3 is 13.9 Å². The molecule has 2 aromatic heterocycles. The van der Waals surface area contributed by atoms with Crippen molar-refractivity contribution in [2.24, 2.45) is 7.05 Å². The molecule has 0 spiro atoms. The molecular weight excluding hydrogens is 356 g/mol. The number of nitrogens with zero attached hydrogens (tertiary/aromatic N) is 4. The van der Waals surface area contributed by atoms with Gasteiger partial charge in [-0.05, 0) is 30.3 Å². The van der Waals surface area contributed by atoms with Crippen molar-refractivity contribution in [3.8, 4) is 0 Å². The van der Waals surface area contributed by atoms with Crippen LogP contribution < -0.4 is 0 Å². The molecular formula is C17H18N4O4S. The molecule has 0 aliphatic carbocycles. The van der Waals surface area contributed by atoms with Gasteiger partial charge in [0, 0.05) is 33.2 Å². The Hall–Kier alpha value is -2.65. The summed E-state index contributed by atoms with van der Waals surface area (Å²) in [5.74, 6) is 0.0452. The van der Waals surface area contributed by atoms with Crippen LogP contribution in [0.2, 0.25) is 0 Å². The number of rotatable bonds is 3. The van der Waals surface area contributed by atoms with E-state index in [1.165, 1.54) is 10.6 Å². The third-order valence-corrected chi connectivity index (χ3v) is 6.49. The predicted molar refractivity (Wildman–Crippen MR) is 94.1 cm³/mol. The summed E-state index contributed by atoms with van der Waals surface area (Å²) in [4.78, 5) is 18.3. The van der Waals surface area contributed by atoms with Crippen LogP contribution in [-0.2, 0) is 17.1 Å².